The highest BCUT2D eigenvalue weighted by Gasteiger charge is 2.35. The molecule has 3 aromatic carbocycles. The van der Waals surface area contributed by atoms with E-state index >= 15 is 0 Å². The molecular formula is C29H30N2O5. The lowest BCUT2D eigenvalue weighted by atomic mass is 10.1. The van der Waals surface area contributed by atoms with Gasteiger partial charge in [0.2, 0.25) is 5.91 Å². The minimum Gasteiger partial charge on any atom is -0.493 e. The number of carbonyl (C=O) groups is 3. The molecule has 0 radical (unpaired) electrons. The van der Waals surface area contributed by atoms with Crippen LogP contribution in [-0.4, -0.2) is 55.0 Å². The summed E-state index contributed by atoms with van der Waals surface area (Å²) in [5, 5.41) is 2.74. The van der Waals surface area contributed by atoms with E-state index in [-0.39, 0.29) is 24.8 Å². The van der Waals surface area contributed by atoms with Gasteiger partial charge in [-0.15, -0.1) is 0 Å². The van der Waals surface area contributed by atoms with Gasteiger partial charge in [0, 0.05) is 31.5 Å². The Labute approximate surface area is 211 Å². The van der Waals surface area contributed by atoms with Crippen LogP contribution in [0.25, 0.3) is 0 Å². The van der Waals surface area contributed by atoms with E-state index in [1.54, 1.807) is 24.3 Å². The van der Waals surface area contributed by atoms with Gasteiger partial charge in [-0.05, 0) is 35.4 Å². The van der Waals surface area contributed by atoms with Crippen LogP contribution in [0.2, 0.25) is 0 Å². The normalized spacial score (nSPS) is 15.2. The van der Waals surface area contributed by atoms with Crippen LogP contribution < -0.4 is 10.1 Å². The number of rotatable bonds is 10. The Hall–Kier alpha value is -4.13. The van der Waals surface area contributed by atoms with Crippen molar-refractivity contribution in [2.45, 2.75) is 25.3 Å². The minimum absolute atomic E-state index is 0.187. The van der Waals surface area contributed by atoms with Gasteiger partial charge in [-0.25, -0.2) is 0 Å². The Balaban J connectivity index is 1.30. The van der Waals surface area contributed by atoms with Crippen LogP contribution in [-0.2, 0) is 27.2 Å². The summed E-state index contributed by atoms with van der Waals surface area (Å²) in [5.74, 6) is -0.497. The van der Waals surface area contributed by atoms with Crippen molar-refractivity contribution in [1.82, 2.24) is 10.2 Å². The number of ether oxygens (including phenoxy) is 2. The van der Waals surface area contributed by atoms with Crippen LogP contribution in [0.15, 0.2) is 84.9 Å². The maximum Gasteiger partial charge on any atom is 0.308 e. The summed E-state index contributed by atoms with van der Waals surface area (Å²) in [6, 6.07) is 25.7. The summed E-state index contributed by atoms with van der Waals surface area (Å²) in [6.07, 6.45) is 1.19. The molecule has 7 heteroatoms. The summed E-state index contributed by atoms with van der Waals surface area (Å²) in [6.45, 7) is 1.40. The maximum atomic E-state index is 13.2. The van der Waals surface area contributed by atoms with Gasteiger partial charge in [0.15, 0.2) is 0 Å². The Morgan fingerprint density at radius 3 is 2.08 bits per heavy atom. The Kier molecular flexibility index (Phi) is 8.70. The lowest BCUT2D eigenvalue weighted by Crippen LogP contribution is -2.57. The van der Waals surface area contributed by atoms with Gasteiger partial charge < -0.3 is 19.7 Å². The first-order valence-corrected chi connectivity index (χ1v) is 12.1. The van der Waals surface area contributed by atoms with E-state index in [4.69, 9.17) is 9.47 Å². The molecule has 0 saturated carbocycles. The van der Waals surface area contributed by atoms with Gasteiger partial charge in [0.05, 0.1) is 19.6 Å². The summed E-state index contributed by atoms with van der Waals surface area (Å²) in [4.78, 5) is 39.6. The van der Waals surface area contributed by atoms with Crippen molar-refractivity contribution in [3.05, 3.63) is 102 Å². The molecule has 186 valence electrons. The molecule has 0 aliphatic carbocycles. The molecule has 1 fully saturated rings. The second kappa shape index (κ2) is 12.5. The fourth-order valence-electron chi connectivity index (χ4n) is 4.10. The molecule has 2 amide bonds. The highest BCUT2D eigenvalue weighted by Crippen LogP contribution is 2.18. The van der Waals surface area contributed by atoms with Crippen LogP contribution in [0.3, 0.4) is 0 Å². The van der Waals surface area contributed by atoms with E-state index in [2.05, 4.69) is 17.4 Å². The lowest BCUT2D eigenvalue weighted by molar-refractivity contribution is -0.147. The third kappa shape index (κ3) is 6.95. The van der Waals surface area contributed by atoms with Gasteiger partial charge in [-0.2, -0.15) is 0 Å². The molecule has 0 bridgehead atoms. The molecule has 0 aromatic heterocycles. The minimum atomic E-state index is -0.905. The number of amides is 2. The van der Waals surface area contributed by atoms with E-state index < -0.39 is 12.0 Å². The standard InChI is InChI=1S/C29H30N2O5/c32-27(36-20-16-23-9-5-2-6-10-23)21-26-28(33)30-17-18-31(26)29(34)24-11-13-25(14-12-24)35-19-15-22-7-3-1-4-8-22/h1-14,26H,15-21H2,(H,30,33). The zero-order valence-corrected chi connectivity index (χ0v) is 20.1. The van der Waals surface area contributed by atoms with Crippen LogP contribution >= 0.6 is 0 Å². The highest BCUT2D eigenvalue weighted by molar-refractivity contribution is 5.99. The van der Waals surface area contributed by atoms with Crippen molar-refractivity contribution in [2.75, 3.05) is 26.3 Å². The van der Waals surface area contributed by atoms with Crippen molar-refractivity contribution in [1.29, 1.82) is 0 Å². The highest BCUT2D eigenvalue weighted by atomic mass is 16.5. The Morgan fingerprint density at radius 2 is 1.44 bits per heavy atom. The second-order valence-corrected chi connectivity index (χ2v) is 8.57. The fraction of sp³-hybridized carbons (Fsp3) is 0.276. The summed E-state index contributed by atoms with van der Waals surface area (Å²) in [5.41, 5.74) is 2.69. The number of hydrogen-bond donors (Lipinski definition) is 1. The van der Waals surface area contributed by atoms with Gasteiger partial charge in [-0.1, -0.05) is 60.7 Å². The molecule has 1 N–H and O–H groups in total. The molecule has 1 aliphatic heterocycles. The third-order valence-corrected chi connectivity index (χ3v) is 6.05. The van der Waals surface area contributed by atoms with Gasteiger partial charge in [0.25, 0.3) is 5.91 Å². The smallest absolute Gasteiger partial charge is 0.308 e. The van der Waals surface area contributed by atoms with Gasteiger partial charge in [0.1, 0.15) is 11.8 Å². The molecule has 36 heavy (non-hydrogen) atoms. The van der Waals surface area contributed by atoms with E-state index in [1.165, 1.54) is 10.5 Å². The number of carbonyl (C=O) groups excluding carboxylic acids is 3. The molecule has 1 heterocycles. The molecule has 4 rings (SSSR count). The molecule has 1 atom stereocenters. The van der Waals surface area contributed by atoms with Crippen molar-refractivity contribution in [3.8, 4) is 5.75 Å². The van der Waals surface area contributed by atoms with Crippen molar-refractivity contribution in [2.24, 2.45) is 0 Å². The van der Waals surface area contributed by atoms with Gasteiger partial charge >= 0.3 is 5.97 Å². The van der Waals surface area contributed by atoms with Crippen molar-refractivity contribution in [3.63, 3.8) is 0 Å². The maximum absolute atomic E-state index is 13.2. The number of esters is 1. The van der Waals surface area contributed by atoms with Crippen LogP contribution in [0.5, 0.6) is 5.75 Å². The van der Waals surface area contributed by atoms with E-state index in [9.17, 15) is 14.4 Å². The molecule has 1 unspecified atom stereocenters. The summed E-state index contributed by atoms with van der Waals surface area (Å²) >= 11 is 0. The molecule has 1 saturated heterocycles. The summed E-state index contributed by atoms with van der Waals surface area (Å²) < 4.78 is 11.1. The largest absolute Gasteiger partial charge is 0.493 e. The van der Waals surface area contributed by atoms with E-state index in [1.807, 2.05) is 48.5 Å². The van der Waals surface area contributed by atoms with Crippen LogP contribution in [0.4, 0.5) is 0 Å². The van der Waals surface area contributed by atoms with Gasteiger partial charge in [-0.3, -0.25) is 14.4 Å². The average molecular weight is 487 g/mol. The number of nitrogens with one attached hydrogen (secondary N) is 1. The first kappa shape index (κ1) is 25.0. The number of benzene rings is 3. The van der Waals surface area contributed by atoms with E-state index in [0.29, 0.717) is 37.4 Å². The first-order chi connectivity index (χ1) is 17.6. The quantitative estimate of drug-likeness (QED) is 0.444. The lowest BCUT2D eigenvalue weighted by Gasteiger charge is -2.34. The molecular weight excluding hydrogens is 456 g/mol. The SMILES string of the molecule is O=C(CC1C(=O)NCCN1C(=O)c1ccc(OCCc2ccccc2)cc1)OCCc1ccccc1. The average Bonchev–Trinajstić information content (AvgIpc) is 2.91. The third-order valence-electron chi connectivity index (χ3n) is 6.05. The van der Waals surface area contributed by atoms with Crippen molar-refractivity contribution >= 4 is 17.8 Å². The van der Waals surface area contributed by atoms with Crippen LogP contribution in [0, 0.1) is 0 Å². The fourth-order valence-corrected chi connectivity index (χ4v) is 4.10. The second-order valence-electron chi connectivity index (χ2n) is 8.57. The zero-order valence-electron chi connectivity index (χ0n) is 20.1. The predicted molar refractivity (Wildman–Crippen MR) is 136 cm³/mol. The molecule has 3 aromatic rings. The van der Waals surface area contributed by atoms with E-state index in [0.717, 1.165) is 12.0 Å². The topological polar surface area (TPSA) is 84.9 Å². The number of piperazine rings is 1. The number of hydrogen-bond acceptors (Lipinski definition) is 5. The molecule has 7 nitrogen and oxygen atoms in total. The Morgan fingerprint density at radius 1 is 0.833 bits per heavy atom. The monoisotopic (exact) mass is 486 g/mol. The molecule has 0 spiro atoms. The predicted octanol–water partition coefficient (Wildman–Crippen LogP) is 3.42. The molecule has 1 aliphatic rings. The zero-order chi connectivity index (χ0) is 25.2. The Bertz CT molecular complexity index is 1150. The van der Waals surface area contributed by atoms with Crippen molar-refractivity contribution < 1.29 is 23.9 Å². The summed E-state index contributed by atoms with van der Waals surface area (Å²) in [7, 11) is 0. The van der Waals surface area contributed by atoms with Crippen LogP contribution in [0.1, 0.15) is 27.9 Å². The first-order valence-electron chi connectivity index (χ1n) is 12.1. The number of nitrogens with zero attached hydrogens (tertiary/aromatic N) is 1.